The average molecular weight is 345 g/mol. The number of aromatic amines is 1. The minimum absolute atomic E-state index is 0.362. The Morgan fingerprint density at radius 1 is 0.962 bits per heavy atom. The van der Waals surface area contributed by atoms with Crippen molar-refractivity contribution in [2.75, 3.05) is 0 Å². The van der Waals surface area contributed by atoms with E-state index in [1.807, 2.05) is 45.0 Å². The number of rotatable bonds is 3. The van der Waals surface area contributed by atoms with Crippen LogP contribution >= 0.6 is 0 Å². The number of aryl methyl sites for hydroxylation is 3. The fourth-order valence-corrected chi connectivity index (χ4v) is 3.58. The van der Waals surface area contributed by atoms with Gasteiger partial charge in [0.1, 0.15) is 23.3 Å². The lowest BCUT2D eigenvalue weighted by atomic mass is 10.2. The van der Waals surface area contributed by atoms with Gasteiger partial charge in [0.2, 0.25) is 0 Å². The van der Waals surface area contributed by atoms with Crippen LogP contribution in [-0.2, 0) is 0 Å². The minimum atomic E-state index is 0.362. The van der Waals surface area contributed by atoms with Crippen molar-refractivity contribution in [2.24, 2.45) is 0 Å². The van der Waals surface area contributed by atoms with Crippen LogP contribution in [0.1, 0.15) is 47.2 Å². The van der Waals surface area contributed by atoms with Crippen LogP contribution in [0.25, 0.3) is 16.9 Å². The Balaban J connectivity index is 1.48. The second-order valence-electron chi connectivity index (χ2n) is 6.90. The zero-order chi connectivity index (χ0) is 17.8. The van der Waals surface area contributed by atoms with Crippen molar-refractivity contribution < 1.29 is 0 Å². The zero-order valence-corrected chi connectivity index (χ0v) is 14.9. The largest absolute Gasteiger partial charge is 0.342 e. The van der Waals surface area contributed by atoms with Crippen LogP contribution in [0.2, 0.25) is 0 Å². The van der Waals surface area contributed by atoms with Crippen LogP contribution in [0, 0.1) is 20.8 Å². The summed E-state index contributed by atoms with van der Waals surface area (Å²) in [5, 5.41) is 4.45. The molecule has 7 nitrogen and oxygen atoms in total. The Morgan fingerprint density at radius 3 is 2.58 bits per heavy atom. The van der Waals surface area contributed by atoms with E-state index in [-0.39, 0.29) is 0 Å². The van der Waals surface area contributed by atoms with E-state index in [0.717, 1.165) is 52.3 Å². The highest BCUT2D eigenvalue weighted by Gasteiger charge is 2.43. The van der Waals surface area contributed by atoms with E-state index >= 15 is 0 Å². The molecule has 0 aliphatic heterocycles. The lowest BCUT2D eigenvalue weighted by Crippen LogP contribution is -2.06. The topological polar surface area (TPSA) is 85.2 Å². The Morgan fingerprint density at radius 2 is 1.81 bits per heavy atom. The summed E-state index contributed by atoms with van der Waals surface area (Å²) in [4.78, 5) is 21.8. The molecule has 1 saturated carbocycles. The van der Waals surface area contributed by atoms with E-state index in [1.54, 1.807) is 4.68 Å². The predicted octanol–water partition coefficient (Wildman–Crippen LogP) is 3.13. The highest BCUT2D eigenvalue weighted by Crippen LogP contribution is 2.53. The monoisotopic (exact) mass is 345 g/mol. The van der Waals surface area contributed by atoms with E-state index in [1.165, 1.54) is 0 Å². The molecule has 0 spiro atoms. The summed E-state index contributed by atoms with van der Waals surface area (Å²) < 4.78 is 1.78. The number of para-hydroxylation sites is 2. The lowest BCUT2D eigenvalue weighted by Gasteiger charge is -2.06. The summed E-state index contributed by atoms with van der Waals surface area (Å²) in [6.45, 7) is 5.74. The van der Waals surface area contributed by atoms with Crippen LogP contribution in [0.5, 0.6) is 0 Å². The van der Waals surface area contributed by atoms with Gasteiger partial charge in [-0.05, 0) is 39.3 Å². The van der Waals surface area contributed by atoms with Gasteiger partial charge in [0.15, 0.2) is 5.82 Å². The summed E-state index contributed by atoms with van der Waals surface area (Å²) in [6.07, 6.45) is 1.05. The maximum atomic E-state index is 4.74. The van der Waals surface area contributed by atoms with Crippen LogP contribution in [0.3, 0.4) is 0 Å². The number of benzene rings is 1. The number of nitrogens with zero attached hydrogens (tertiary/aromatic N) is 6. The number of hydrogen-bond acceptors (Lipinski definition) is 5. The third-order valence-electron chi connectivity index (χ3n) is 4.87. The molecule has 0 radical (unpaired) electrons. The normalized spacial score (nSPS) is 19.2. The Hall–Kier alpha value is -3.09. The standard InChI is InChI=1S/C19H19N7/c1-10-21-17(9-18(22-10)26-12(3)20-11(2)25-26)13-8-14(13)19-23-15-6-4-5-7-16(15)24-19/h4-7,9,13-14H,8H2,1-3H3,(H,23,24). The number of aromatic nitrogens is 7. The maximum Gasteiger partial charge on any atom is 0.159 e. The van der Waals surface area contributed by atoms with Crippen molar-refractivity contribution in [3.63, 3.8) is 0 Å². The minimum Gasteiger partial charge on any atom is -0.342 e. The molecule has 3 aromatic heterocycles. The number of H-pyrrole nitrogens is 1. The fourth-order valence-electron chi connectivity index (χ4n) is 3.58. The molecule has 0 bridgehead atoms. The van der Waals surface area contributed by atoms with Gasteiger partial charge in [-0.1, -0.05) is 12.1 Å². The van der Waals surface area contributed by atoms with Gasteiger partial charge in [-0.15, -0.1) is 5.10 Å². The molecule has 2 atom stereocenters. The summed E-state index contributed by atoms with van der Waals surface area (Å²) >= 11 is 0. The molecular weight excluding hydrogens is 326 g/mol. The molecule has 130 valence electrons. The molecule has 0 saturated heterocycles. The van der Waals surface area contributed by atoms with Crippen molar-refractivity contribution in [2.45, 2.75) is 39.0 Å². The molecule has 3 heterocycles. The molecule has 0 amide bonds. The van der Waals surface area contributed by atoms with Gasteiger partial charge in [0.05, 0.1) is 16.7 Å². The Kier molecular flexibility index (Phi) is 3.19. The quantitative estimate of drug-likeness (QED) is 0.616. The molecule has 1 N–H and O–H groups in total. The Bertz CT molecular complexity index is 1090. The van der Waals surface area contributed by atoms with E-state index in [0.29, 0.717) is 11.8 Å². The van der Waals surface area contributed by atoms with Crippen LogP contribution in [0.15, 0.2) is 30.3 Å². The van der Waals surface area contributed by atoms with Crippen molar-refractivity contribution in [3.8, 4) is 5.82 Å². The highest BCUT2D eigenvalue weighted by atomic mass is 15.4. The van der Waals surface area contributed by atoms with E-state index < -0.39 is 0 Å². The molecular formula is C19H19N7. The average Bonchev–Trinajstić information content (AvgIpc) is 3.18. The maximum absolute atomic E-state index is 4.74. The summed E-state index contributed by atoms with van der Waals surface area (Å²) in [5.41, 5.74) is 3.15. The second kappa shape index (κ2) is 5.45. The molecule has 2 unspecified atom stereocenters. The first-order chi connectivity index (χ1) is 12.6. The molecule has 4 aromatic rings. The summed E-state index contributed by atoms with van der Waals surface area (Å²) in [6, 6.07) is 10.2. The summed E-state index contributed by atoms with van der Waals surface area (Å²) in [5.74, 6) is 4.88. The molecule has 1 aliphatic carbocycles. The molecule has 1 aromatic carbocycles. The van der Waals surface area contributed by atoms with Crippen molar-refractivity contribution in [1.29, 1.82) is 0 Å². The predicted molar refractivity (Wildman–Crippen MR) is 97.4 cm³/mol. The first kappa shape index (κ1) is 15.2. The molecule has 1 fully saturated rings. The van der Waals surface area contributed by atoms with Gasteiger partial charge in [-0.2, -0.15) is 4.68 Å². The van der Waals surface area contributed by atoms with Gasteiger partial charge in [-0.3, -0.25) is 0 Å². The van der Waals surface area contributed by atoms with E-state index in [9.17, 15) is 0 Å². The first-order valence-corrected chi connectivity index (χ1v) is 8.79. The lowest BCUT2D eigenvalue weighted by molar-refractivity contribution is 0.777. The first-order valence-electron chi connectivity index (χ1n) is 8.79. The molecule has 1 aliphatic rings. The van der Waals surface area contributed by atoms with Crippen molar-refractivity contribution in [3.05, 3.63) is 59.3 Å². The number of imidazole rings is 1. The zero-order valence-electron chi connectivity index (χ0n) is 14.9. The van der Waals surface area contributed by atoms with Crippen molar-refractivity contribution >= 4 is 11.0 Å². The molecule has 26 heavy (non-hydrogen) atoms. The Labute approximate surface area is 150 Å². The number of hydrogen-bond donors (Lipinski definition) is 1. The van der Waals surface area contributed by atoms with Crippen LogP contribution in [0.4, 0.5) is 0 Å². The van der Waals surface area contributed by atoms with E-state index in [2.05, 4.69) is 31.1 Å². The van der Waals surface area contributed by atoms with Gasteiger partial charge < -0.3 is 4.98 Å². The third kappa shape index (κ3) is 2.47. The summed E-state index contributed by atoms with van der Waals surface area (Å²) in [7, 11) is 0. The van der Waals surface area contributed by atoms with Crippen LogP contribution < -0.4 is 0 Å². The van der Waals surface area contributed by atoms with Gasteiger partial charge >= 0.3 is 0 Å². The highest BCUT2D eigenvalue weighted by molar-refractivity contribution is 5.75. The van der Waals surface area contributed by atoms with E-state index in [4.69, 9.17) is 4.98 Å². The van der Waals surface area contributed by atoms with Gasteiger partial charge in [-0.25, -0.2) is 19.9 Å². The van der Waals surface area contributed by atoms with Crippen LogP contribution in [-0.4, -0.2) is 34.7 Å². The molecule has 7 heteroatoms. The molecule has 5 rings (SSSR count). The third-order valence-corrected chi connectivity index (χ3v) is 4.87. The smallest absolute Gasteiger partial charge is 0.159 e. The fraction of sp³-hybridized carbons (Fsp3) is 0.316. The number of fused-ring (bicyclic) bond motifs is 1. The van der Waals surface area contributed by atoms with Gasteiger partial charge in [0.25, 0.3) is 0 Å². The second-order valence-corrected chi connectivity index (χ2v) is 6.90. The van der Waals surface area contributed by atoms with Gasteiger partial charge in [0, 0.05) is 17.9 Å². The SMILES string of the molecule is Cc1nc(C2CC2c2nc3ccccc3[nH]2)cc(-n2nc(C)nc2C)n1. The van der Waals surface area contributed by atoms with Crippen molar-refractivity contribution in [1.82, 2.24) is 34.7 Å². The number of nitrogens with one attached hydrogen (secondary N) is 1.